The zero-order chi connectivity index (χ0) is 44.9. The highest BCUT2D eigenvalue weighted by molar-refractivity contribution is 5.70. The van der Waals surface area contributed by atoms with Gasteiger partial charge < -0.3 is 14.2 Å². The van der Waals surface area contributed by atoms with Crippen LogP contribution in [0.1, 0.15) is 265 Å². The van der Waals surface area contributed by atoms with Crippen LogP contribution in [0.5, 0.6) is 0 Å². The van der Waals surface area contributed by atoms with E-state index in [-0.39, 0.29) is 25.2 Å². The van der Waals surface area contributed by atoms with Gasteiger partial charge in [-0.2, -0.15) is 0 Å². The average Bonchev–Trinajstić information content (AvgIpc) is 3.27. The molecular formula is C57H102O5. The third-order valence-corrected chi connectivity index (χ3v) is 11.5. The van der Waals surface area contributed by atoms with Crippen LogP contribution >= 0.6 is 0 Å². The van der Waals surface area contributed by atoms with E-state index in [2.05, 4.69) is 81.5 Å². The van der Waals surface area contributed by atoms with Gasteiger partial charge in [-0.1, -0.05) is 229 Å². The molecule has 0 aromatic heterocycles. The van der Waals surface area contributed by atoms with Crippen LogP contribution in [-0.2, 0) is 23.8 Å². The topological polar surface area (TPSA) is 61.8 Å². The zero-order valence-corrected chi connectivity index (χ0v) is 41.4. The van der Waals surface area contributed by atoms with E-state index in [1.165, 1.54) is 161 Å². The van der Waals surface area contributed by atoms with Gasteiger partial charge in [-0.05, 0) is 83.5 Å². The smallest absolute Gasteiger partial charge is 0.306 e. The Hall–Kier alpha value is -2.40. The Balaban J connectivity index is 4.27. The van der Waals surface area contributed by atoms with Gasteiger partial charge in [-0.3, -0.25) is 9.59 Å². The normalized spacial score (nSPS) is 12.6. The molecule has 360 valence electrons. The summed E-state index contributed by atoms with van der Waals surface area (Å²) in [4.78, 5) is 25.4. The highest BCUT2D eigenvalue weighted by Crippen LogP contribution is 2.15. The second-order valence-corrected chi connectivity index (χ2v) is 17.8. The van der Waals surface area contributed by atoms with E-state index >= 15 is 0 Å². The molecular weight excluding hydrogens is 765 g/mol. The Labute approximate surface area is 385 Å². The van der Waals surface area contributed by atoms with Gasteiger partial charge in [0.25, 0.3) is 0 Å². The molecule has 1 atom stereocenters. The number of carbonyl (C=O) groups is 2. The number of unbranched alkanes of at least 4 members (excludes halogenated alkanes) is 28. The molecule has 0 N–H and O–H groups in total. The van der Waals surface area contributed by atoms with Crippen molar-refractivity contribution in [1.82, 2.24) is 0 Å². The molecule has 0 aromatic carbocycles. The average molecular weight is 867 g/mol. The molecule has 5 nitrogen and oxygen atoms in total. The van der Waals surface area contributed by atoms with Crippen LogP contribution in [0, 0.1) is 0 Å². The predicted molar refractivity (Wildman–Crippen MR) is 270 cm³/mol. The lowest BCUT2D eigenvalue weighted by Gasteiger charge is -2.18. The molecule has 0 heterocycles. The van der Waals surface area contributed by atoms with Crippen molar-refractivity contribution in [3.05, 3.63) is 60.8 Å². The molecule has 5 heteroatoms. The molecule has 0 fully saturated rings. The predicted octanol–water partition coefficient (Wildman–Crippen LogP) is 18.1. The van der Waals surface area contributed by atoms with Crippen molar-refractivity contribution in [3.8, 4) is 0 Å². The minimum Gasteiger partial charge on any atom is -0.462 e. The van der Waals surface area contributed by atoms with Crippen LogP contribution in [0.4, 0.5) is 0 Å². The molecule has 0 aliphatic rings. The van der Waals surface area contributed by atoms with Gasteiger partial charge >= 0.3 is 11.9 Å². The van der Waals surface area contributed by atoms with Gasteiger partial charge in [0.2, 0.25) is 0 Å². The highest BCUT2D eigenvalue weighted by Gasteiger charge is 2.17. The lowest BCUT2D eigenvalue weighted by Crippen LogP contribution is -2.30. The minimum absolute atomic E-state index is 0.0693. The summed E-state index contributed by atoms with van der Waals surface area (Å²) in [6, 6.07) is 0. The van der Waals surface area contributed by atoms with E-state index in [1.54, 1.807) is 0 Å². The number of allylic oxidation sites excluding steroid dienone is 10. The molecule has 0 amide bonds. The van der Waals surface area contributed by atoms with Gasteiger partial charge in [0.05, 0.1) is 6.61 Å². The molecule has 0 aliphatic heterocycles. The fourth-order valence-corrected chi connectivity index (χ4v) is 7.56. The minimum atomic E-state index is -0.556. The number of esters is 2. The van der Waals surface area contributed by atoms with Crippen LogP contribution in [0.15, 0.2) is 60.8 Å². The second-order valence-electron chi connectivity index (χ2n) is 17.8. The number of carbonyl (C=O) groups excluding carboxylic acids is 2. The van der Waals surface area contributed by atoms with Gasteiger partial charge in [0.1, 0.15) is 6.61 Å². The van der Waals surface area contributed by atoms with Gasteiger partial charge in [0, 0.05) is 19.4 Å². The third kappa shape index (κ3) is 50.2. The summed E-state index contributed by atoms with van der Waals surface area (Å²) in [7, 11) is 0. The fourth-order valence-electron chi connectivity index (χ4n) is 7.56. The Morgan fingerprint density at radius 3 is 1.21 bits per heavy atom. The molecule has 0 radical (unpaired) electrons. The molecule has 62 heavy (non-hydrogen) atoms. The maximum Gasteiger partial charge on any atom is 0.306 e. The molecule has 0 spiro atoms. The van der Waals surface area contributed by atoms with E-state index in [0.29, 0.717) is 19.4 Å². The first-order valence-electron chi connectivity index (χ1n) is 26.8. The fraction of sp³-hybridized carbons (Fsp3) is 0.789. The molecule has 0 aliphatic carbocycles. The lowest BCUT2D eigenvalue weighted by atomic mass is 10.1. The SMILES string of the molecule is CC/C=C\C/C=C\C/C=C\C/C=C\CCCCC(=O)OC(COCCCCCCCCCCCCCC)COC(=O)CCCCCCCCCCC/C=C\CCCCCCCC. The molecule has 0 bridgehead atoms. The molecule has 0 saturated carbocycles. The van der Waals surface area contributed by atoms with Crippen LogP contribution < -0.4 is 0 Å². The third-order valence-electron chi connectivity index (χ3n) is 11.5. The number of hydrogen-bond acceptors (Lipinski definition) is 5. The largest absolute Gasteiger partial charge is 0.462 e. The van der Waals surface area contributed by atoms with E-state index in [9.17, 15) is 9.59 Å². The number of rotatable bonds is 49. The van der Waals surface area contributed by atoms with Crippen molar-refractivity contribution in [1.29, 1.82) is 0 Å². The monoisotopic (exact) mass is 867 g/mol. The Kier molecular flexibility index (Phi) is 50.9. The number of ether oxygens (including phenoxy) is 3. The number of hydrogen-bond donors (Lipinski definition) is 0. The van der Waals surface area contributed by atoms with Crippen molar-refractivity contribution in [3.63, 3.8) is 0 Å². The van der Waals surface area contributed by atoms with Crippen molar-refractivity contribution < 1.29 is 23.8 Å². The molecule has 0 aromatic rings. The first kappa shape index (κ1) is 59.6. The summed E-state index contributed by atoms with van der Waals surface area (Å²) in [6.45, 7) is 7.69. The quantitative estimate of drug-likeness (QED) is 0.0346. The summed E-state index contributed by atoms with van der Waals surface area (Å²) in [6.07, 6.45) is 66.6. The van der Waals surface area contributed by atoms with Crippen molar-refractivity contribution in [2.75, 3.05) is 19.8 Å². The standard InChI is InChI=1S/C57H102O5/c1-4-7-10-13-16-19-22-25-27-28-29-30-32-33-35-38-41-44-47-50-56(58)61-54-55(53-60-52-49-46-43-40-37-24-21-18-15-12-9-6-3)62-57(59)51-48-45-42-39-36-34-31-26-23-20-17-14-11-8-5-2/h8,11,17,20,25-27,31,36,39,55H,4-7,9-10,12-16,18-19,21-24,28-30,32-35,37-38,40-54H2,1-3H3/b11-8-,20-17-,27-25-,31-26-,39-36-. The van der Waals surface area contributed by atoms with Crippen LogP contribution in [-0.4, -0.2) is 37.9 Å². The molecule has 0 saturated heterocycles. The maximum absolute atomic E-state index is 12.8. The van der Waals surface area contributed by atoms with Gasteiger partial charge in [0.15, 0.2) is 6.10 Å². The summed E-state index contributed by atoms with van der Waals surface area (Å²) >= 11 is 0. The van der Waals surface area contributed by atoms with Crippen LogP contribution in [0.25, 0.3) is 0 Å². The molecule has 1 unspecified atom stereocenters. The summed E-state index contributed by atoms with van der Waals surface area (Å²) in [5.41, 5.74) is 0. The van der Waals surface area contributed by atoms with E-state index in [0.717, 1.165) is 70.6 Å². The van der Waals surface area contributed by atoms with E-state index in [4.69, 9.17) is 14.2 Å². The summed E-state index contributed by atoms with van der Waals surface area (Å²) < 4.78 is 17.4. The van der Waals surface area contributed by atoms with Gasteiger partial charge in [-0.15, -0.1) is 0 Å². The van der Waals surface area contributed by atoms with Crippen molar-refractivity contribution in [2.24, 2.45) is 0 Å². The zero-order valence-electron chi connectivity index (χ0n) is 41.4. The lowest BCUT2D eigenvalue weighted by molar-refractivity contribution is -0.163. The summed E-state index contributed by atoms with van der Waals surface area (Å²) in [5.74, 6) is -0.438. The van der Waals surface area contributed by atoms with Crippen LogP contribution in [0.3, 0.4) is 0 Å². The maximum atomic E-state index is 12.8. The first-order valence-corrected chi connectivity index (χ1v) is 26.8. The second kappa shape index (κ2) is 52.9. The van der Waals surface area contributed by atoms with Gasteiger partial charge in [-0.25, -0.2) is 0 Å². The van der Waals surface area contributed by atoms with E-state index < -0.39 is 6.10 Å². The Bertz CT molecular complexity index is 1070. The Morgan fingerprint density at radius 2 is 0.726 bits per heavy atom. The molecule has 0 rings (SSSR count). The highest BCUT2D eigenvalue weighted by atomic mass is 16.6. The van der Waals surface area contributed by atoms with E-state index in [1.807, 2.05) is 0 Å². The van der Waals surface area contributed by atoms with Crippen molar-refractivity contribution >= 4 is 11.9 Å². The van der Waals surface area contributed by atoms with Crippen molar-refractivity contribution in [2.45, 2.75) is 271 Å². The summed E-state index contributed by atoms with van der Waals surface area (Å²) in [5, 5.41) is 0. The van der Waals surface area contributed by atoms with Crippen LogP contribution in [0.2, 0.25) is 0 Å². The Morgan fingerprint density at radius 1 is 0.371 bits per heavy atom. The first-order chi connectivity index (χ1) is 30.6.